The number of halogens is 3. The van der Waals surface area contributed by atoms with Crippen LogP contribution in [0, 0.1) is 13.8 Å². The predicted molar refractivity (Wildman–Crippen MR) is 133 cm³/mol. The van der Waals surface area contributed by atoms with Crippen LogP contribution in [0.5, 0.6) is 0 Å². The van der Waals surface area contributed by atoms with Gasteiger partial charge in [0.05, 0.1) is 5.52 Å². The first-order valence-electron chi connectivity index (χ1n) is 11.9. The van der Waals surface area contributed by atoms with E-state index in [1.807, 2.05) is 35.2 Å². The van der Waals surface area contributed by atoms with Gasteiger partial charge < -0.3 is 19.6 Å². The minimum atomic E-state index is -4.57. The maximum Gasteiger partial charge on any atom is 0.433 e. The van der Waals surface area contributed by atoms with Crippen LogP contribution in [0.3, 0.4) is 0 Å². The number of hydrogen-bond acceptors (Lipinski definition) is 6. The lowest BCUT2D eigenvalue weighted by molar-refractivity contribution is -0.140. The average Bonchev–Trinajstić information content (AvgIpc) is 3.07. The van der Waals surface area contributed by atoms with Crippen LogP contribution in [0.25, 0.3) is 22.0 Å². The number of hydrogen-bond donors (Lipinski definition) is 1. The van der Waals surface area contributed by atoms with E-state index in [0.29, 0.717) is 66.5 Å². The number of amides is 2. The quantitative estimate of drug-likeness (QED) is 0.383. The zero-order valence-corrected chi connectivity index (χ0v) is 20.3. The largest absolute Gasteiger partial charge is 0.433 e. The first-order valence-corrected chi connectivity index (χ1v) is 11.9. The smallest absolute Gasteiger partial charge is 0.359 e. The lowest BCUT2D eigenvalue weighted by Gasteiger charge is -2.24. The number of alkyl halides is 3. The summed E-state index contributed by atoms with van der Waals surface area (Å²) in [5, 5.41) is 7.26. The number of aromatic nitrogens is 3. The van der Waals surface area contributed by atoms with Gasteiger partial charge in [-0.25, -0.2) is 14.8 Å². The number of pyridine rings is 2. The fourth-order valence-electron chi connectivity index (χ4n) is 4.52. The SMILES string of the molecule is Cc1noc(C)c1NC(=O)N1CCCN(c2ncc(-c3ccccc3)c3nc(C(F)(F)F)ccc23)CC1. The lowest BCUT2D eigenvalue weighted by atomic mass is 10.0. The van der Waals surface area contributed by atoms with Crippen LogP contribution in [-0.4, -0.2) is 52.2 Å². The van der Waals surface area contributed by atoms with Gasteiger partial charge in [0.25, 0.3) is 0 Å². The Labute approximate surface area is 211 Å². The monoisotopic (exact) mass is 510 g/mol. The highest BCUT2D eigenvalue weighted by molar-refractivity contribution is 5.99. The Balaban J connectivity index is 1.44. The molecule has 37 heavy (non-hydrogen) atoms. The first-order chi connectivity index (χ1) is 17.7. The number of carbonyl (C=O) groups excluding carboxylic acids is 1. The van der Waals surface area contributed by atoms with Crippen molar-refractivity contribution in [3.63, 3.8) is 0 Å². The number of carbonyl (C=O) groups is 1. The zero-order valence-electron chi connectivity index (χ0n) is 20.3. The van der Waals surface area contributed by atoms with Crippen LogP contribution in [0.4, 0.5) is 29.5 Å². The highest BCUT2D eigenvalue weighted by atomic mass is 19.4. The summed E-state index contributed by atoms with van der Waals surface area (Å²) < 4.78 is 45.7. The van der Waals surface area contributed by atoms with Gasteiger partial charge in [0.15, 0.2) is 5.76 Å². The van der Waals surface area contributed by atoms with Gasteiger partial charge >= 0.3 is 12.2 Å². The third kappa shape index (κ3) is 4.93. The molecule has 11 heteroatoms. The molecular weight excluding hydrogens is 485 g/mol. The highest BCUT2D eigenvalue weighted by Gasteiger charge is 2.33. The Kier molecular flexibility index (Phi) is 6.45. The van der Waals surface area contributed by atoms with E-state index in [9.17, 15) is 18.0 Å². The van der Waals surface area contributed by atoms with E-state index in [1.54, 1.807) is 24.9 Å². The topological polar surface area (TPSA) is 87.4 Å². The molecule has 1 aromatic carbocycles. The summed E-state index contributed by atoms with van der Waals surface area (Å²) in [5.41, 5.74) is 1.71. The first kappa shape index (κ1) is 24.5. The molecule has 1 N–H and O–H groups in total. The molecule has 0 aliphatic carbocycles. The second-order valence-corrected chi connectivity index (χ2v) is 8.91. The number of benzene rings is 1. The van der Waals surface area contributed by atoms with E-state index < -0.39 is 11.9 Å². The normalized spacial score (nSPS) is 14.6. The van der Waals surface area contributed by atoms with Crippen molar-refractivity contribution in [3.05, 3.63) is 65.8 Å². The van der Waals surface area contributed by atoms with Crippen molar-refractivity contribution in [2.75, 3.05) is 36.4 Å². The molecule has 4 aromatic rings. The van der Waals surface area contributed by atoms with Crippen molar-refractivity contribution in [1.29, 1.82) is 0 Å². The highest BCUT2D eigenvalue weighted by Crippen LogP contribution is 2.36. The fraction of sp³-hybridized carbons (Fsp3) is 0.308. The predicted octanol–water partition coefficient (Wildman–Crippen LogP) is 5.66. The summed E-state index contributed by atoms with van der Waals surface area (Å²) in [5.74, 6) is 1.08. The molecule has 4 heterocycles. The molecule has 0 radical (unpaired) electrons. The summed E-state index contributed by atoms with van der Waals surface area (Å²) in [4.78, 5) is 25.3. The summed E-state index contributed by atoms with van der Waals surface area (Å²) in [7, 11) is 0. The van der Waals surface area contributed by atoms with Gasteiger partial charge in [-0.3, -0.25) is 0 Å². The third-order valence-corrected chi connectivity index (χ3v) is 6.43. The Morgan fingerprint density at radius 2 is 1.81 bits per heavy atom. The number of rotatable bonds is 3. The zero-order chi connectivity index (χ0) is 26.2. The van der Waals surface area contributed by atoms with E-state index in [4.69, 9.17) is 4.52 Å². The van der Waals surface area contributed by atoms with Crippen LogP contribution < -0.4 is 10.2 Å². The minimum absolute atomic E-state index is 0.239. The second kappa shape index (κ2) is 9.72. The van der Waals surface area contributed by atoms with Crippen molar-refractivity contribution in [1.82, 2.24) is 20.0 Å². The minimum Gasteiger partial charge on any atom is -0.359 e. The van der Waals surface area contributed by atoms with Crippen LogP contribution in [-0.2, 0) is 6.18 Å². The molecule has 0 bridgehead atoms. The molecule has 1 aliphatic heterocycles. The molecule has 0 atom stereocenters. The van der Waals surface area contributed by atoms with Crippen molar-refractivity contribution in [2.24, 2.45) is 0 Å². The number of aryl methyl sites for hydroxylation is 2. The third-order valence-electron chi connectivity index (χ3n) is 6.43. The summed E-state index contributed by atoms with van der Waals surface area (Å²) >= 11 is 0. The van der Waals surface area contributed by atoms with Gasteiger partial charge in [-0.15, -0.1) is 0 Å². The number of fused-ring (bicyclic) bond motifs is 1. The molecular formula is C26H25F3N6O2. The van der Waals surface area contributed by atoms with Crippen LogP contribution in [0.15, 0.2) is 53.2 Å². The number of nitrogens with zero attached hydrogens (tertiary/aromatic N) is 5. The number of urea groups is 1. The Morgan fingerprint density at radius 3 is 2.51 bits per heavy atom. The molecule has 0 saturated carbocycles. The Bertz CT molecular complexity index is 1420. The molecule has 3 aromatic heterocycles. The van der Waals surface area contributed by atoms with Crippen LogP contribution >= 0.6 is 0 Å². The van der Waals surface area contributed by atoms with E-state index in [0.717, 1.165) is 11.6 Å². The molecule has 5 rings (SSSR count). The van der Waals surface area contributed by atoms with E-state index in [-0.39, 0.29) is 11.5 Å². The Morgan fingerprint density at radius 1 is 1.03 bits per heavy atom. The van der Waals surface area contributed by atoms with Crippen molar-refractivity contribution in [3.8, 4) is 11.1 Å². The molecule has 2 amide bonds. The summed E-state index contributed by atoms with van der Waals surface area (Å²) in [6, 6.07) is 11.3. The van der Waals surface area contributed by atoms with Crippen molar-refractivity contribution >= 4 is 28.4 Å². The lowest BCUT2D eigenvalue weighted by Crippen LogP contribution is -2.38. The Hall–Kier alpha value is -4.15. The molecule has 192 valence electrons. The second-order valence-electron chi connectivity index (χ2n) is 8.91. The molecule has 1 fully saturated rings. The van der Waals surface area contributed by atoms with Crippen molar-refractivity contribution < 1.29 is 22.5 Å². The summed E-state index contributed by atoms with van der Waals surface area (Å²) in [6.07, 6.45) is -2.33. The molecule has 8 nitrogen and oxygen atoms in total. The van der Waals surface area contributed by atoms with Gasteiger partial charge in [-0.05, 0) is 38.0 Å². The maximum absolute atomic E-state index is 13.5. The molecule has 1 aliphatic rings. The van der Waals surface area contributed by atoms with Crippen LogP contribution in [0.1, 0.15) is 23.6 Å². The van der Waals surface area contributed by atoms with E-state index in [1.165, 1.54) is 6.07 Å². The van der Waals surface area contributed by atoms with E-state index >= 15 is 0 Å². The number of nitrogens with one attached hydrogen (secondary N) is 1. The van der Waals surface area contributed by atoms with Crippen LogP contribution in [0.2, 0.25) is 0 Å². The van der Waals surface area contributed by atoms with Gasteiger partial charge in [0.2, 0.25) is 0 Å². The van der Waals surface area contributed by atoms with Gasteiger partial charge in [0, 0.05) is 43.3 Å². The summed E-state index contributed by atoms with van der Waals surface area (Å²) in [6.45, 7) is 5.46. The standard InChI is InChI=1S/C26H25F3N6O2/c1-16-22(17(2)37-33-16)32-25(36)35-12-6-11-34(13-14-35)24-19-9-10-21(26(27,28)29)31-23(19)20(15-30-24)18-7-4-3-5-8-18/h3-5,7-10,15H,6,11-14H2,1-2H3,(H,32,36). The molecule has 0 spiro atoms. The fourth-order valence-corrected chi connectivity index (χ4v) is 4.52. The van der Waals surface area contributed by atoms with Gasteiger partial charge in [0.1, 0.15) is 22.9 Å². The van der Waals surface area contributed by atoms with E-state index in [2.05, 4.69) is 20.4 Å². The van der Waals surface area contributed by atoms with Crippen molar-refractivity contribution in [2.45, 2.75) is 26.4 Å². The molecule has 1 saturated heterocycles. The van der Waals surface area contributed by atoms with Gasteiger partial charge in [-0.1, -0.05) is 35.5 Å². The average molecular weight is 511 g/mol. The van der Waals surface area contributed by atoms with Gasteiger partial charge in [-0.2, -0.15) is 13.2 Å². The maximum atomic E-state index is 13.5. The number of anilines is 2. The molecule has 0 unspecified atom stereocenters.